The van der Waals surface area contributed by atoms with Gasteiger partial charge < -0.3 is 9.15 Å². The molecule has 7 heteroatoms. The SMILES string of the molecule is Cc1ccc(-c2nnc([C@H](C)Oc3ccc([N+](=O)[O-])cc3)o2)cc1. The Morgan fingerprint density at radius 1 is 1.08 bits per heavy atom. The first-order chi connectivity index (χ1) is 11.5. The van der Waals surface area contributed by atoms with Gasteiger partial charge in [-0.1, -0.05) is 17.7 Å². The van der Waals surface area contributed by atoms with E-state index in [2.05, 4.69) is 10.2 Å². The highest BCUT2D eigenvalue weighted by Gasteiger charge is 2.17. The van der Waals surface area contributed by atoms with Gasteiger partial charge in [-0.25, -0.2) is 0 Å². The highest BCUT2D eigenvalue weighted by Crippen LogP contribution is 2.25. The van der Waals surface area contributed by atoms with Gasteiger partial charge in [0.1, 0.15) is 5.75 Å². The first-order valence-corrected chi connectivity index (χ1v) is 7.34. The van der Waals surface area contributed by atoms with Crippen LogP contribution in [0.3, 0.4) is 0 Å². The van der Waals surface area contributed by atoms with Crippen LogP contribution in [-0.4, -0.2) is 15.1 Å². The monoisotopic (exact) mass is 325 g/mol. The van der Waals surface area contributed by atoms with Crippen LogP contribution in [0.15, 0.2) is 52.9 Å². The van der Waals surface area contributed by atoms with Crippen LogP contribution in [0.5, 0.6) is 5.75 Å². The number of hydrogen-bond acceptors (Lipinski definition) is 6. The van der Waals surface area contributed by atoms with Crippen LogP contribution in [0.4, 0.5) is 5.69 Å². The normalized spacial score (nSPS) is 11.9. The van der Waals surface area contributed by atoms with E-state index in [0.29, 0.717) is 17.5 Å². The van der Waals surface area contributed by atoms with E-state index < -0.39 is 11.0 Å². The Kier molecular flexibility index (Phi) is 4.24. The lowest BCUT2D eigenvalue weighted by Gasteiger charge is -2.10. The maximum atomic E-state index is 10.6. The molecular formula is C17H15N3O4. The Balaban J connectivity index is 1.72. The molecule has 0 unspecified atom stereocenters. The Bertz CT molecular complexity index is 841. The molecule has 2 aromatic carbocycles. The van der Waals surface area contributed by atoms with Gasteiger partial charge in [0.25, 0.3) is 11.6 Å². The average molecular weight is 325 g/mol. The van der Waals surface area contributed by atoms with Gasteiger partial charge in [0.2, 0.25) is 5.89 Å². The summed E-state index contributed by atoms with van der Waals surface area (Å²) in [6.07, 6.45) is -0.474. The van der Waals surface area contributed by atoms with Gasteiger partial charge in [0.15, 0.2) is 6.10 Å². The Labute approximate surface area is 138 Å². The van der Waals surface area contributed by atoms with Crippen LogP contribution in [0.2, 0.25) is 0 Å². The zero-order valence-electron chi connectivity index (χ0n) is 13.2. The molecule has 1 heterocycles. The van der Waals surface area contributed by atoms with E-state index in [1.807, 2.05) is 31.2 Å². The summed E-state index contributed by atoms with van der Waals surface area (Å²) in [7, 11) is 0. The van der Waals surface area contributed by atoms with E-state index in [1.165, 1.54) is 24.3 Å². The molecule has 0 bridgehead atoms. The molecular weight excluding hydrogens is 310 g/mol. The second kappa shape index (κ2) is 6.49. The van der Waals surface area contributed by atoms with Crippen LogP contribution >= 0.6 is 0 Å². The summed E-state index contributed by atoms with van der Waals surface area (Å²) in [5, 5.41) is 18.7. The van der Waals surface area contributed by atoms with Crippen molar-refractivity contribution in [3.05, 3.63) is 70.1 Å². The molecule has 0 saturated heterocycles. The van der Waals surface area contributed by atoms with Crippen molar-refractivity contribution in [2.45, 2.75) is 20.0 Å². The number of hydrogen-bond donors (Lipinski definition) is 0. The fourth-order valence-electron chi connectivity index (χ4n) is 2.11. The van der Waals surface area contributed by atoms with Crippen LogP contribution in [0.1, 0.15) is 24.5 Å². The summed E-state index contributed by atoms with van der Waals surface area (Å²) in [5.41, 5.74) is 1.99. The fraction of sp³-hybridized carbons (Fsp3) is 0.176. The number of nitro groups is 1. The minimum absolute atomic E-state index is 0.00875. The molecule has 0 N–H and O–H groups in total. The number of rotatable bonds is 5. The topological polar surface area (TPSA) is 91.3 Å². The van der Waals surface area contributed by atoms with Crippen LogP contribution in [0, 0.1) is 17.0 Å². The van der Waals surface area contributed by atoms with Gasteiger partial charge in [0.05, 0.1) is 4.92 Å². The lowest BCUT2D eigenvalue weighted by molar-refractivity contribution is -0.384. The Morgan fingerprint density at radius 3 is 2.38 bits per heavy atom. The summed E-state index contributed by atoms with van der Waals surface area (Å²) in [6, 6.07) is 13.6. The van der Waals surface area contributed by atoms with Crippen molar-refractivity contribution >= 4 is 5.69 Å². The van der Waals surface area contributed by atoms with Crippen molar-refractivity contribution in [2.24, 2.45) is 0 Å². The molecule has 7 nitrogen and oxygen atoms in total. The lowest BCUT2D eigenvalue weighted by Crippen LogP contribution is -2.03. The molecule has 0 fully saturated rings. The van der Waals surface area contributed by atoms with Crippen molar-refractivity contribution in [1.82, 2.24) is 10.2 Å². The zero-order chi connectivity index (χ0) is 17.1. The third kappa shape index (κ3) is 3.40. The van der Waals surface area contributed by atoms with E-state index in [9.17, 15) is 10.1 Å². The van der Waals surface area contributed by atoms with Gasteiger partial charge in [-0.05, 0) is 38.1 Å². The third-order valence-electron chi connectivity index (χ3n) is 3.45. The number of aromatic nitrogens is 2. The smallest absolute Gasteiger partial charge is 0.269 e. The van der Waals surface area contributed by atoms with Gasteiger partial charge >= 0.3 is 0 Å². The third-order valence-corrected chi connectivity index (χ3v) is 3.45. The Morgan fingerprint density at radius 2 is 1.75 bits per heavy atom. The number of nitro benzene ring substituents is 1. The maximum Gasteiger partial charge on any atom is 0.269 e. The zero-order valence-corrected chi connectivity index (χ0v) is 13.2. The van der Waals surface area contributed by atoms with Crippen LogP contribution in [-0.2, 0) is 0 Å². The minimum atomic E-state index is -0.474. The molecule has 0 amide bonds. The Hall–Kier alpha value is -3.22. The number of ether oxygens (including phenoxy) is 1. The highest BCUT2D eigenvalue weighted by molar-refractivity contribution is 5.52. The summed E-state index contributed by atoms with van der Waals surface area (Å²) in [5.74, 6) is 1.25. The number of aryl methyl sites for hydroxylation is 1. The molecule has 3 rings (SSSR count). The molecule has 0 spiro atoms. The summed E-state index contributed by atoms with van der Waals surface area (Å²) >= 11 is 0. The van der Waals surface area contributed by atoms with E-state index in [-0.39, 0.29) is 5.69 Å². The molecule has 0 saturated carbocycles. The first kappa shape index (κ1) is 15.7. The molecule has 0 radical (unpaired) electrons. The van der Waals surface area contributed by atoms with Crippen molar-refractivity contribution < 1.29 is 14.1 Å². The number of nitrogens with zero attached hydrogens (tertiary/aromatic N) is 3. The van der Waals surface area contributed by atoms with Crippen molar-refractivity contribution in [3.63, 3.8) is 0 Å². The van der Waals surface area contributed by atoms with Gasteiger partial charge in [0, 0.05) is 17.7 Å². The standard InChI is InChI=1S/C17H15N3O4/c1-11-3-5-13(6-4-11)17-19-18-16(24-17)12(2)23-15-9-7-14(8-10-15)20(21)22/h3-10,12H,1-2H3/t12-/m0/s1. The van der Waals surface area contributed by atoms with Crippen LogP contribution < -0.4 is 4.74 Å². The molecule has 3 aromatic rings. The van der Waals surface area contributed by atoms with E-state index in [0.717, 1.165) is 11.1 Å². The van der Waals surface area contributed by atoms with Crippen molar-refractivity contribution in [3.8, 4) is 17.2 Å². The fourth-order valence-corrected chi connectivity index (χ4v) is 2.11. The average Bonchev–Trinajstić information content (AvgIpc) is 3.06. The molecule has 0 aliphatic carbocycles. The maximum absolute atomic E-state index is 10.6. The molecule has 0 aliphatic rings. The number of benzene rings is 2. The summed E-state index contributed by atoms with van der Waals surface area (Å²) in [6.45, 7) is 3.77. The van der Waals surface area contributed by atoms with Gasteiger partial charge in [-0.15, -0.1) is 10.2 Å². The minimum Gasteiger partial charge on any atom is -0.481 e. The predicted octanol–water partition coefficient (Wildman–Crippen LogP) is 4.09. The largest absolute Gasteiger partial charge is 0.481 e. The number of non-ortho nitro benzene ring substituents is 1. The molecule has 122 valence electrons. The summed E-state index contributed by atoms with van der Waals surface area (Å²) < 4.78 is 11.3. The first-order valence-electron chi connectivity index (χ1n) is 7.34. The molecule has 1 atom stereocenters. The molecule has 24 heavy (non-hydrogen) atoms. The predicted molar refractivity (Wildman–Crippen MR) is 86.6 cm³/mol. The van der Waals surface area contributed by atoms with Crippen molar-refractivity contribution in [1.29, 1.82) is 0 Å². The highest BCUT2D eigenvalue weighted by atomic mass is 16.6. The van der Waals surface area contributed by atoms with Crippen molar-refractivity contribution in [2.75, 3.05) is 0 Å². The summed E-state index contributed by atoms with van der Waals surface area (Å²) in [4.78, 5) is 10.2. The van der Waals surface area contributed by atoms with E-state index >= 15 is 0 Å². The van der Waals surface area contributed by atoms with E-state index in [4.69, 9.17) is 9.15 Å². The van der Waals surface area contributed by atoms with Gasteiger partial charge in [-0.3, -0.25) is 10.1 Å². The van der Waals surface area contributed by atoms with Crippen LogP contribution in [0.25, 0.3) is 11.5 Å². The molecule has 1 aromatic heterocycles. The molecule has 0 aliphatic heterocycles. The van der Waals surface area contributed by atoms with Gasteiger partial charge in [-0.2, -0.15) is 0 Å². The lowest BCUT2D eigenvalue weighted by atomic mass is 10.1. The second-order valence-corrected chi connectivity index (χ2v) is 5.32. The van der Waals surface area contributed by atoms with E-state index in [1.54, 1.807) is 6.92 Å². The quantitative estimate of drug-likeness (QED) is 0.518. The second-order valence-electron chi connectivity index (χ2n) is 5.32.